The van der Waals surface area contributed by atoms with Gasteiger partial charge in [-0.15, -0.1) is 0 Å². The number of amides is 2. The Morgan fingerprint density at radius 3 is 2.83 bits per heavy atom. The van der Waals surface area contributed by atoms with Crippen LogP contribution in [0.1, 0.15) is 31.2 Å². The van der Waals surface area contributed by atoms with Crippen molar-refractivity contribution in [2.75, 3.05) is 5.32 Å². The number of Topliss-reactive ketones (excluding diaryl/α,β-unsaturated/α-hetero) is 1. The van der Waals surface area contributed by atoms with E-state index in [9.17, 15) is 14.4 Å². The molecular weight excluding hydrogens is 316 g/mol. The predicted octanol–water partition coefficient (Wildman–Crippen LogP) is 2.73. The quantitative estimate of drug-likeness (QED) is 0.874. The Balaban J connectivity index is 1.86. The maximum Gasteiger partial charge on any atom is 0.232 e. The molecule has 0 saturated carbocycles. The van der Waals surface area contributed by atoms with E-state index in [1.165, 1.54) is 0 Å². The number of benzene rings is 1. The Bertz CT molecular complexity index is 739. The van der Waals surface area contributed by atoms with E-state index in [0.717, 1.165) is 5.56 Å². The number of nitrogens with one attached hydrogen (secondary N) is 2. The van der Waals surface area contributed by atoms with Crippen LogP contribution >= 0.6 is 11.6 Å². The van der Waals surface area contributed by atoms with Crippen LogP contribution in [0.25, 0.3) is 0 Å². The van der Waals surface area contributed by atoms with Crippen molar-refractivity contribution in [2.45, 2.75) is 32.6 Å². The molecule has 120 valence electrons. The first kappa shape index (κ1) is 15.7. The van der Waals surface area contributed by atoms with Gasteiger partial charge in [-0.25, -0.2) is 0 Å². The summed E-state index contributed by atoms with van der Waals surface area (Å²) in [5, 5.41) is 6.05. The van der Waals surface area contributed by atoms with Gasteiger partial charge in [0.2, 0.25) is 11.8 Å². The SMILES string of the molecule is Cc1ccc(NC(=O)[C@@H]2CC(=O)NC3=C2C(=O)CCC3)cc1Cl. The Labute approximate surface area is 139 Å². The zero-order chi connectivity index (χ0) is 16.6. The molecule has 1 aliphatic carbocycles. The average molecular weight is 333 g/mol. The van der Waals surface area contributed by atoms with E-state index in [0.29, 0.717) is 41.2 Å². The molecule has 1 heterocycles. The second-order valence-corrected chi connectivity index (χ2v) is 6.33. The van der Waals surface area contributed by atoms with Gasteiger partial charge in [0.25, 0.3) is 0 Å². The third kappa shape index (κ3) is 3.15. The van der Waals surface area contributed by atoms with E-state index in [1.54, 1.807) is 12.1 Å². The molecule has 1 atom stereocenters. The Morgan fingerprint density at radius 2 is 2.09 bits per heavy atom. The summed E-state index contributed by atoms with van der Waals surface area (Å²) in [5.41, 5.74) is 2.54. The van der Waals surface area contributed by atoms with Gasteiger partial charge in [0.05, 0.1) is 5.92 Å². The largest absolute Gasteiger partial charge is 0.329 e. The summed E-state index contributed by atoms with van der Waals surface area (Å²) in [6.45, 7) is 1.87. The number of hydrogen-bond acceptors (Lipinski definition) is 3. The van der Waals surface area contributed by atoms with Crippen molar-refractivity contribution in [2.24, 2.45) is 5.92 Å². The molecule has 0 saturated heterocycles. The fourth-order valence-electron chi connectivity index (χ4n) is 3.03. The number of halogens is 1. The van der Waals surface area contributed by atoms with Crippen molar-refractivity contribution in [1.82, 2.24) is 5.32 Å². The number of allylic oxidation sites excluding steroid dienone is 1. The van der Waals surface area contributed by atoms with Crippen LogP contribution in [0.2, 0.25) is 5.02 Å². The first-order chi connectivity index (χ1) is 11.0. The van der Waals surface area contributed by atoms with Gasteiger partial charge in [-0.1, -0.05) is 17.7 Å². The second kappa shape index (κ2) is 6.16. The summed E-state index contributed by atoms with van der Waals surface area (Å²) in [6.07, 6.45) is 1.76. The van der Waals surface area contributed by atoms with Gasteiger partial charge in [0.15, 0.2) is 5.78 Å². The van der Waals surface area contributed by atoms with Crippen molar-refractivity contribution < 1.29 is 14.4 Å². The van der Waals surface area contributed by atoms with Crippen LogP contribution in [0.5, 0.6) is 0 Å². The highest BCUT2D eigenvalue weighted by molar-refractivity contribution is 6.31. The Hall–Kier alpha value is -2.14. The lowest BCUT2D eigenvalue weighted by molar-refractivity contribution is -0.128. The maximum absolute atomic E-state index is 12.6. The summed E-state index contributed by atoms with van der Waals surface area (Å²) < 4.78 is 0. The highest BCUT2D eigenvalue weighted by Gasteiger charge is 2.37. The fourth-order valence-corrected chi connectivity index (χ4v) is 3.21. The Morgan fingerprint density at radius 1 is 1.30 bits per heavy atom. The second-order valence-electron chi connectivity index (χ2n) is 5.93. The van der Waals surface area contributed by atoms with Crippen LogP contribution in [0.4, 0.5) is 5.69 Å². The minimum Gasteiger partial charge on any atom is -0.329 e. The van der Waals surface area contributed by atoms with Gasteiger partial charge >= 0.3 is 0 Å². The van der Waals surface area contributed by atoms with E-state index >= 15 is 0 Å². The van der Waals surface area contributed by atoms with E-state index in [-0.39, 0.29) is 24.0 Å². The van der Waals surface area contributed by atoms with Gasteiger partial charge in [-0.3, -0.25) is 14.4 Å². The third-order valence-corrected chi connectivity index (χ3v) is 4.65. The number of anilines is 1. The molecule has 0 aromatic heterocycles. The van der Waals surface area contributed by atoms with Gasteiger partial charge in [-0.05, 0) is 37.5 Å². The number of carbonyl (C=O) groups excluding carboxylic acids is 3. The summed E-state index contributed by atoms with van der Waals surface area (Å²) in [5.74, 6) is -1.34. The topological polar surface area (TPSA) is 75.3 Å². The van der Waals surface area contributed by atoms with E-state index in [4.69, 9.17) is 11.6 Å². The van der Waals surface area contributed by atoms with Crippen molar-refractivity contribution in [3.05, 3.63) is 40.1 Å². The minimum atomic E-state index is -0.730. The van der Waals surface area contributed by atoms with Crippen LogP contribution in [-0.2, 0) is 14.4 Å². The van der Waals surface area contributed by atoms with E-state index < -0.39 is 5.92 Å². The van der Waals surface area contributed by atoms with Crippen LogP contribution < -0.4 is 10.6 Å². The zero-order valence-electron chi connectivity index (χ0n) is 12.7. The molecule has 1 aliphatic heterocycles. The first-order valence-corrected chi connectivity index (χ1v) is 7.96. The molecule has 0 bridgehead atoms. The van der Waals surface area contributed by atoms with Crippen molar-refractivity contribution in [1.29, 1.82) is 0 Å². The lowest BCUT2D eigenvalue weighted by Gasteiger charge is -2.30. The molecule has 2 N–H and O–H groups in total. The number of aryl methyl sites for hydroxylation is 1. The van der Waals surface area contributed by atoms with Gasteiger partial charge in [0, 0.05) is 34.8 Å². The maximum atomic E-state index is 12.6. The number of ketones is 1. The van der Waals surface area contributed by atoms with E-state index in [2.05, 4.69) is 10.6 Å². The molecule has 3 rings (SSSR count). The fraction of sp³-hybridized carbons (Fsp3) is 0.353. The van der Waals surface area contributed by atoms with Crippen molar-refractivity contribution in [3.8, 4) is 0 Å². The number of carbonyl (C=O) groups is 3. The molecule has 0 spiro atoms. The molecule has 2 amide bonds. The molecule has 0 unspecified atom stereocenters. The standard InChI is InChI=1S/C17H17ClN2O3/c1-9-5-6-10(7-12(9)18)19-17(23)11-8-15(22)20-13-3-2-4-14(21)16(11)13/h5-7,11H,2-4,8H2,1H3,(H,19,23)(H,20,22)/t11-/m1/s1. The highest BCUT2D eigenvalue weighted by atomic mass is 35.5. The van der Waals surface area contributed by atoms with E-state index in [1.807, 2.05) is 13.0 Å². The monoisotopic (exact) mass is 332 g/mol. The molecule has 23 heavy (non-hydrogen) atoms. The van der Waals surface area contributed by atoms with Gasteiger partial charge in [-0.2, -0.15) is 0 Å². The molecule has 0 radical (unpaired) electrons. The Kier molecular flexibility index (Phi) is 4.22. The number of hydrogen-bond donors (Lipinski definition) is 2. The molecule has 1 aromatic rings. The summed E-state index contributed by atoms with van der Waals surface area (Å²) in [6, 6.07) is 5.22. The number of rotatable bonds is 2. The van der Waals surface area contributed by atoms with Crippen molar-refractivity contribution in [3.63, 3.8) is 0 Å². The summed E-state index contributed by atoms with van der Waals surface area (Å²) >= 11 is 6.06. The zero-order valence-corrected chi connectivity index (χ0v) is 13.5. The van der Waals surface area contributed by atoms with Crippen LogP contribution in [0.3, 0.4) is 0 Å². The average Bonchev–Trinajstić information content (AvgIpc) is 2.50. The minimum absolute atomic E-state index is 0.00397. The van der Waals surface area contributed by atoms with Gasteiger partial charge < -0.3 is 10.6 Å². The molecule has 2 aliphatic rings. The van der Waals surface area contributed by atoms with Gasteiger partial charge in [0.1, 0.15) is 0 Å². The summed E-state index contributed by atoms with van der Waals surface area (Å²) in [4.78, 5) is 36.6. The van der Waals surface area contributed by atoms with Crippen molar-refractivity contribution >= 4 is 34.9 Å². The highest BCUT2D eigenvalue weighted by Crippen LogP contribution is 2.32. The molecular formula is C17H17ClN2O3. The summed E-state index contributed by atoms with van der Waals surface area (Å²) in [7, 11) is 0. The molecule has 5 nitrogen and oxygen atoms in total. The van der Waals surface area contributed by atoms with Crippen LogP contribution in [0, 0.1) is 12.8 Å². The predicted molar refractivity (Wildman–Crippen MR) is 87.0 cm³/mol. The molecule has 1 aromatic carbocycles. The lowest BCUT2D eigenvalue weighted by atomic mass is 9.81. The normalized spacial score (nSPS) is 20.9. The van der Waals surface area contributed by atoms with Crippen LogP contribution in [-0.4, -0.2) is 17.6 Å². The molecule has 0 fully saturated rings. The molecule has 6 heteroatoms. The smallest absolute Gasteiger partial charge is 0.232 e. The van der Waals surface area contributed by atoms with Crippen LogP contribution in [0.15, 0.2) is 29.5 Å². The lowest BCUT2D eigenvalue weighted by Crippen LogP contribution is -2.41. The third-order valence-electron chi connectivity index (χ3n) is 4.24. The first-order valence-electron chi connectivity index (χ1n) is 7.59.